The van der Waals surface area contributed by atoms with E-state index in [1.165, 1.54) is 12.3 Å². The molecular formula is C7H7F3N2O. The van der Waals surface area contributed by atoms with Gasteiger partial charge >= 0.3 is 6.18 Å². The third-order valence-corrected chi connectivity index (χ3v) is 1.21. The highest BCUT2D eigenvalue weighted by atomic mass is 19.4. The Morgan fingerprint density at radius 2 is 2.15 bits per heavy atom. The van der Waals surface area contributed by atoms with E-state index in [4.69, 9.17) is 5.73 Å². The Morgan fingerprint density at radius 3 is 2.69 bits per heavy atom. The highest BCUT2D eigenvalue weighted by Crippen LogP contribution is 2.22. The van der Waals surface area contributed by atoms with Crippen LogP contribution in [0.15, 0.2) is 18.5 Å². The summed E-state index contributed by atoms with van der Waals surface area (Å²) in [6, 6.07) is 1.37. The number of alkyl halides is 3. The van der Waals surface area contributed by atoms with Gasteiger partial charge in [-0.25, -0.2) is 0 Å². The highest BCUT2D eigenvalue weighted by molar-refractivity contribution is 5.49. The Kier molecular flexibility index (Phi) is 2.60. The van der Waals surface area contributed by atoms with Crippen molar-refractivity contribution in [3.63, 3.8) is 0 Å². The lowest BCUT2D eigenvalue weighted by atomic mass is 10.4. The molecule has 0 aliphatic carbocycles. The van der Waals surface area contributed by atoms with Crippen molar-refractivity contribution in [2.24, 2.45) is 0 Å². The second-order valence-corrected chi connectivity index (χ2v) is 2.32. The number of nitrogens with zero attached hydrogens (tertiary/aromatic N) is 1. The Bertz CT molecular complexity index is 287. The van der Waals surface area contributed by atoms with Gasteiger partial charge in [0.15, 0.2) is 12.4 Å². The van der Waals surface area contributed by atoms with Crippen LogP contribution in [0.2, 0.25) is 0 Å². The van der Waals surface area contributed by atoms with Gasteiger partial charge in [0.25, 0.3) is 0 Å². The van der Waals surface area contributed by atoms with Crippen molar-refractivity contribution in [1.82, 2.24) is 4.98 Å². The minimum absolute atomic E-state index is 0.0557. The van der Waals surface area contributed by atoms with Crippen molar-refractivity contribution in [2.45, 2.75) is 6.18 Å². The molecule has 0 aromatic carbocycles. The Hall–Kier alpha value is -1.46. The van der Waals surface area contributed by atoms with Crippen LogP contribution in [0.25, 0.3) is 0 Å². The Morgan fingerprint density at radius 1 is 1.46 bits per heavy atom. The molecule has 6 heteroatoms. The summed E-state index contributed by atoms with van der Waals surface area (Å²) in [6.07, 6.45) is -1.85. The first-order valence-electron chi connectivity index (χ1n) is 3.38. The minimum atomic E-state index is -4.36. The summed E-state index contributed by atoms with van der Waals surface area (Å²) in [7, 11) is 0. The monoisotopic (exact) mass is 192 g/mol. The van der Waals surface area contributed by atoms with Crippen LogP contribution in [0.1, 0.15) is 0 Å². The molecular weight excluding hydrogens is 185 g/mol. The van der Waals surface area contributed by atoms with Crippen LogP contribution in [0.4, 0.5) is 18.9 Å². The van der Waals surface area contributed by atoms with Crippen molar-refractivity contribution in [3.8, 4) is 5.75 Å². The molecule has 2 N–H and O–H groups in total. The molecule has 0 fully saturated rings. The van der Waals surface area contributed by atoms with Crippen molar-refractivity contribution in [3.05, 3.63) is 18.5 Å². The van der Waals surface area contributed by atoms with Crippen molar-refractivity contribution < 1.29 is 17.9 Å². The zero-order valence-electron chi connectivity index (χ0n) is 6.51. The van der Waals surface area contributed by atoms with Crippen LogP contribution in [-0.4, -0.2) is 17.8 Å². The van der Waals surface area contributed by atoms with Crippen LogP contribution in [-0.2, 0) is 0 Å². The zero-order chi connectivity index (χ0) is 9.90. The number of ether oxygens (including phenoxy) is 1. The zero-order valence-corrected chi connectivity index (χ0v) is 6.51. The lowest BCUT2D eigenvalue weighted by molar-refractivity contribution is -0.153. The van der Waals surface area contributed by atoms with E-state index in [1.54, 1.807) is 0 Å². The molecule has 0 radical (unpaired) electrons. The predicted octanol–water partition coefficient (Wildman–Crippen LogP) is 1.60. The molecule has 1 aromatic heterocycles. The van der Waals surface area contributed by atoms with Gasteiger partial charge in [-0.05, 0) is 6.07 Å². The number of halogens is 3. The summed E-state index contributed by atoms with van der Waals surface area (Å²) in [5.74, 6) is -0.0557. The van der Waals surface area contributed by atoms with Gasteiger partial charge in [-0.2, -0.15) is 13.2 Å². The van der Waals surface area contributed by atoms with E-state index in [0.29, 0.717) is 0 Å². The van der Waals surface area contributed by atoms with Crippen LogP contribution in [0, 0.1) is 0 Å². The minimum Gasteiger partial charge on any atom is -0.480 e. The number of nitrogens with two attached hydrogens (primary N) is 1. The van der Waals surface area contributed by atoms with Crippen molar-refractivity contribution >= 4 is 5.69 Å². The SMILES string of the molecule is Nc1ccncc1OCC(F)(F)F. The summed E-state index contributed by atoms with van der Waals surface area (Å²) in [5.41, 5.74) is 5.46. The molecule has 0 bridgehead atoms. The molecule has 1 aromatic rings. The molecule has 0 saturated carbocycles. The second kappa shape index (κ2) is 3.51. The van der Waals surface area contributed by atoms with E-state index in [0.717, 1.165) is 6.20 Å². The molecule has 0 saturated heterocycles. The van der Waals surface area contributed by atoms with Gasteiger partial charge in [-0.15, -0.1) is 0 Å². The lowest BCUT2D eigenvalue weighted by Gasteiger charge is -2.09. The van der Waals surface area contributed by atoms with Gasteiger partial charge < -0.3 is 10.5 Å². The standard InChI is InChI=1S/C7H7F3N2O/c8-7(9,10)4-13-6-3-12-2-1-5(6)11/h1-3H,4H2,(H2,11,12). The van der Waals surface area contributed by atoms with Gasteiger partial charge in [0.2, 0.25) is 0 Å². The molecule has 72 valence electrons. The number of pyridine rings is 1. The summed E-state index contributed by atoms with van der Waals surface area (Å²) in [4.78, 5) is 3.57. The van der Waals surface area contributed by atoms with Crippen molar-refractivity contribution in [2.75, 3.05) is 12.3 Å². The van der Waals surface area contributed by atoms with Gasteiger partial charge in [-0.3, -0.25) is 4.98 Å². The molecule has 0 aliphatic rings. The normalized spacial score (nSPS) is 11.3. The fourth-order valence-electron chi connectivity index (χ4n) is 0.671. The topological polar surface area (TPSA) is 48.1 Å². The third kappa shape index (κ3) is 3.18. The van der Waals surface area contributed by atoms with E-state index < -0.39 is 12.8 Å². The molecule has 0 aliphatic heterocycles. The number of anilines is 1. The van der Waals surface area contributed by atoms with Gasteiger partial charge in [0, 0.05) is 6.20 Å². The largest absolute Gasteiger partial charge is 0.480 e. The second-order valence-electron chi connectivity index (χ2n) is 2.32. The Balaban J connectivity index is 2.60. The first-order valence-corrected chi connectivity index (χ1v) is 3.38. The average Bonchev–Trinajstić information content (AvgIpc) is 2.01. The molecule has 1 rings (SSSR count). The van der Waals surface area contributed by atoms with E-state index in [1.807, 2.05) is 0 Å². The lowest BCUT2D eigenvalue weighted by Crippen LogP contribution is -2.19. The van der Waals surface area contributed by atoms with Crippen LogP contribution >= 0.6 is 0 Å². The van der Waals surface area contributed by atoms with E-state index in [2.05, 4.69) is 9.72 Å². The summed E-state index contributed by atoms with van der Waals surface area (Å²) in [6.45, 7) is -1.36. The maximum Gasteiger partial charge on any atom is 0.422 e. The first-order chi connectivity index (χ1) is 5.99. The van der Waals surface area contributed by atoms with Crippen LogP contribution < -0.4 is 10.5 Å². The van der Waals surface area contributed by atoms with Crippen LogP contribution in [0.3, 0.4) is 0 Å². The smallest absolute Gasteiger partial charge is 0.422 e. The summed E-state index contributed by atoms with van der Waals surface area (Å²) >= 11 is 0. The molecule has 3 nitrogen and oxygen atoms in total. The molecule has 0 unspecified atom stereocenters. The highest BCUT2D eigenvalue weighted by Gasteiger charge is 2.28. The third-order valence-electron chi connectivity index (χ3n) is 1.21. The summed E-state index contributed by atoms with van der Waals surface area (Å²) < 4.78 is 39.4. The quantitative estimate of drug-likeness (QED) is 0.774. The average molecular weight is 192 g/mol. The van der Waals surface area contributed by atoms with Gasteiger partial charge in [0.05, 0.1) is 11.9 Å². The fourth-order valence-corrected chi connectivity index (χ4v) is 0.671. The molecule has 0 amide bonds. The number of hydrogen-bond acceptors (Lipinski definition) is 3. The number of rotatable bonds is 2. The first kappa shape index (κ1) is 9.63. The molecule has 13 heavy (non-hydrogen) atoms. The van der Waals surface area contributed by atoms with Gasteiger partial charge in [-0.1, -0.05) is 0 Å². The van der Waals surface area contributed by atoms with E-state index in [9.17, 15) is 13.2 Å². The number of hydrogen-bond donors (Lipinski definition) is 1. The van der Waals surface area contributed by atoms with E-state index in [-0.39, 0.29) is 11.4 Å². The summed E-state index contributed by atoms with van der Waals surface area (Å²) in [5, 5.41) is 0. The van der Waals surface area contributed by atoms with Crippen LogP contribution in [0.5, 0.6) is 5.75 Å². The fraction of sp³-hybridized carbons (Fsp3) is 0.286. The number of aromatic nitrogens is 1. The molecule has 1 heterocycles. The predicted molar refractivity (Wildman–Crippen MR) is 40.2 cm³/mol. The maximum absolute atomic E-state index is 11.7. The van der Waals surface area contributed by atoms with Crippen molar-refractivity contribution in [1.29, 1.82) is 0 Å². The Labute approximate surface area is 72.3 Å². The number of nitrogen functional groups attached to an aromatic ring is 1. The molecule has 0 spiro atoms. The maximum atomic E-state index is 11.7. The van der Waals surface area contributed by atoms with E-state index >= 15 is 0 Å². The molecule has 0 atom stereocenters. The van der Waals surface area contributed by atoms with Gasteiger partial charge in [0.1, 0.15) is 0 Å².